The van der Waals surface area contributed by atoms with Gasteiger partial charge in [0.15, 0.2) is 0 Å². The van der Waals surface area contributed by atoms with Crippen molar-refractivity contribution >= 4 is 23.5 Å². The lowest BCUT2D eigenvalue weighted by atomic mass is 10.1. The maximum absolute atomic E-state index is 12.3. The van der Waals surface area contributed by atoms with Crippen molar-refractivity contribution in [3.63, 3.8) is 0 Å². The molecule has 0 bridgehead atoms. The lowest BCUT2D eigenvalue weighted by Crippen LogP contribution is -2.14. The summed E-state index contributed by atoms with van der Waals surface area (Å²) in [5.41, 5.74) is 0.778. The van der Waals surface area contributed by atoms with E-state index in [9.17, 15) is 18.0 Å². The molecule has 0 radical (unpaired) electrons. The van der Waals surface area contributed by atoms with E-state index in [1.54, 1.807) is 29.4 Å². The number of hydrogen-bond donors (Lipinski definition) is 2. The number of anilines is 1. The molecule has 0 spiro atoms. The lowest BCUT2D eigenvalue weighted by molar-refractivity contribution is -0.144. The highest BCUT2D eigenvalue weighted by Crippen LogP contribution is 2.26. The predicted octanol–water partition coefficient (Wildman–Crippen LogP) is 3.05. The van der Waals surface area contributed by atoms with Gasteiger partial charge in [-0.05, 0) is 18.1 Å². The van der Waals surface area contributed by atoms with E-state index < -0.39 is 23.9 Å². The zero-order valence-corrected chi connectivity index (χ0v) is 11.3. The topological polar surface area (TPSA) is 70.7 Å². The van der Waals surface area contributed by atoms with E-state index in [-0.39, 0.29) is 6.42 Å². The number of nitrogens with zero attached hydrogens (tertiary/aromatic N) is 2. The average molecular weight is 319 g/mol. The molecular weight excluding hydrogens is 309 g/mol. The van der Waals surface area contributed by atoms with Crippen LogP contribution in [0.4, 0.5) is 19.1 Å². The number of alkyl halides is 3. The van der Waals surface area contributed by atoms with Crippen molar-refractivity contribution in [2.45, 2.75) is 19.0 Å². The minimum Gasteiger partial charge on any atom is -0.293 e. The molecule has 2 aromatic rings. The van der Waals surface area contributed by atoms with Gasteiger partial charge in [-0.15, -0.1) is 5.10 Å². The molecule has 2 N–H and O–H groups in total. The fraction of sp³-hybridized carbons (Fsp3) is 0.250. The molecule has 1 amide bonds. The number of H-pyrrole nitrogens is 1. The lowest BCUT2D eigenvalue weighted by Gasteiger charge is -2.03. The Balaban J connectivity index is 1.90. The minimum atomic E-state index is -4.63. The zero-order chi connectivity index (χ0) is 15.5. The van der Waals surface area contributed by atoms with Crippen molar-refractivity contribution < 1.29 is 18.0 Å². The van der Waals surface area contributed by atoms with Gasteiger partial charge in [0.1, 0.15) is 0 Å². The molecule has 21 heavy (non-hydrogen) atoms. The van der Waals surface area contributed by atoms with Gasteiger partial charge in [0.2, 0.25) is 17.7 Å². The van der Waals surface area contributed by atoms with Gasteiger partial charge in [0.05, 0.1) is 0 Å². The van der Waals surface area contributed by atoms with Gasteiger partial charge in [-0.1, -0.05) is 29.8 Å². The number of aryl methyl sites for hydroxylation is 1. The van der Waals surface area contributed by atoms with Gasteiger partial charge in [-0.25, -0.2) is 0 Å². The molecule has 0 unspecified atom stereocenters. The second-order valence-electron chi connectivity index (χ2n) is 4.14. The SMILES string of the molecule is O=C(CCc1ccccc1Cl)Nc1n[nH]c(C(F)(F)F)n1. The minimum absolute atomic E-state index is 0.0552. The van der Waals surface area contributed by atoms with Crippen LogP contribution >= 0.6 is 11.6 Å². The van der Waals surface area contributed by atoms with Crippen molar-refractivity contribution in [3.8, 4) is 0 Å². The molecule has 0 atom stereocenters. The molecule has 2 rings (SSSR count). The summed E-state index contributed by atoms with van der Waals surface area (Å²) < 4.78 is 36.9. The van der Waals surface area contributed by atoms with E-state index in [0.717, 1.165) is 5.56 Å². The standard InChI is InChI=1S/C12H10ClF3N4O/c13-8-4-2-1-3-7(8)5-6-9(21)17-11-18-10(19-20-11)12(14,15)16/h1-4H,5-6H2,(H2,17,18,19,20,21). The number of carbonyl (C=O) groups is 1. The summed E-state index contributed by atoms with van der Waals surface area (Å²) in [5, 5.41) is 7.71. The first kappa shape index (κ1) is 15.3. The summed E-state index contributed by atoms with van der Waals surface area (Å²) in [7, 11) is 0. The predicted molar refractivity (Wildman–Crippen MR) is 69.8 cm³/mol. The Bertz CT molecular complexity index is 641. The highest BCUT2D eigenvalue weighted by molar-refractivity contribution is 6.31. The van der Waals surface area contributed by atoms with Gasteiger partial charge in [-0.3, -0.25) is 15.2 Å². The molecule has 5 nitrogen and oxygen atoms in total. The molecule has 0 saturated heterocycles. The Hall–Kier alpha value is -2.09. The van der Waals surface area contributed by atoms with Crippen LogP contribution in [-0.4, -0.2) is 21.1 Å². The van der Waals surface area contributed by atoms with Gasteiger partial charge >= 0.3 is 6.18 Å². The van der Waals surface area contributed by atoms with Crippen molar-refractivity contribution in [2.24, 2.45) is 0 Å². The Morgan fingerprint density at radius 1 is 1.33 bits per heavy atom. The quantitative estimate of drug-likeness (QED) is 0.910. The van der Waals surface area contributed by atoms with Crippen molar-refractivity contribution in [2.75, 3.05) is 5.32 Å². The fourth-order valence-electron chi connectivity index (χ4n) is 1.58. The average Bonchev–Trinajstić information content (AvgIpc) is 2.86. The van der Waals surface area contributed by atoms with Crippen molar-refractivity contribution in [1.29, 1.82) is 0 Å². The fourth-order valence-corrected chi connectivity index (χ4v) is 1.81. The molecular formula is C12H10ClF3N4O. The number of halogens is 4. The van der Waals surface area contributed by atoms with Crippen LogP contribution < -0.4 is 5.32 Å². The molecule has 1 aromatic heterocycles. The van der Waals surface area contributed by atoms with Crippen LogP contribution in [0.25, 0.3) is 0 Å². The van der Waals surface area contributed by atoms with Crippen LogP contribution in [-0.2, 0) is 17.4 Å². The summed E-state index contributed by atoms with van der Waals surface area (Å²) in [6.07, 6.45) is -4.21. The van der Waals surface area contributed by atoms with Gasteiger partial charge in [0, 0.05) is 11.4 Å². The molecule has 0 fully saturated rings. The number of aromatic nitrogens is 3. The monoisotopic (exact) mass is 318 g/mol. The molecule has 0 aliphatic rings. The third-order valence-corrected chi connectivity index (χ3v) is 2.95. The van der Waals surface area contributed by atoms with E-state index in [4.69, 9.17) is 11.6 Å². The smallest absolute Gasteiger partial charge is 0.293 e. The molecule has 9 heteroatoms. The van der Waals surface area contributed by atoms with E-state index in [2.05, 4.69) is 15.4 Å². The molecule has 0 aliphatic heterocycles. The van der Waals surface area contributed by atoms with Crippen LogP contribution in [0.1, 0.15) is 17.8 Å². The normalized spacial score (nSPS) is 11.4. The second-order valence-corrected chi connectivity index (χ2v) is 4.55. The number of hydrogen-bond acceptors (Lipinski definition) is 3. The van der Waals surface area contributed by atoms with Gasteiger partial charge < -0.3 is 0 Å². The van der Waals surface area contributed by atoms with Gasteiger partial charge in [0.25, 0.3) is 0 Å². The third-order valence-electron chi connectivity index (χ3n) is 2.58. The molecule has 0 saturated carbocycles. The van der Waals surface area contributed by atoms with Crippen LogP contribution in [0.2, 0.25) is 5.02 Å². The first-order valence-electron chi connectivity index (χ1n) is 5.89. The summed E-state index contributed by atoms with van der Waals surface area (Å²) in [5.74, 6) is -2.17. The van der Waals surface area contributed by atoms with E-state index in [1.807, 2.05) is 0 Å². The van der Waals surface area contributed by atoms with E-state index >= 15 is 0 Å². The number of carbonyl (C=O) groups excluding carboxylic acids is 1. The summed E-state index contributed by atoms with van der Waals surface area (Å²) in [4.78, 5) is 14.8. The molecule has 1 heterocycles. The van der Waals surface area contributed by atoms with Crippen LogP contribution in [0.5, 0.6) is 0 Å². The van der Waals surface area contributed by atoms with Gasteiger partial charge in [-0.2, -0.15) is 18.2 Å². The largest absolute Gasteiger partial charge is 0.451 e. The molecule has 0 aliphatic carbocycles. The van der Waals surface area contributed by atoms with Crippen LogP contribution in [0.3, 0.4) is 0 Å². The molecule has 1 aromatic carbocycles. The van der Waals surface area contributed by atoms with Crippen LogP contribution in [0, 0.1) is 0 Å². The number of rotatable bonds is 4. The Morgan fingerprint density at radius 3 is 2.67 bits per heavy atom. The van der Waals surface area contributed by atoms with Crippen molar-refractivity contribution in [1.82, 2.24) is 15.2 Å². The first-order valence-corrected chi connectivity index (χ1v) is 6.27. The second kappa shape index (κ2) is 6.13. The first-order chi connectivity index (χ1) is 9.86. The van der Waals surface area contributed by atoms with Crippen LogP contribution in [0.15, 0.2) is 24.3 Å². The van der Waals surface area contributed by atoms with E-state index in [0.29, 0.717) is 11.4 Å². The Labute approximate surface area is 122 Å². The zero-order valence-electron chi connectivity index (χ0n) is 10.5. The summed E-state index contributed by atoms with van der Waals surface area (Å²) in [6, 6.07) is 7.01. The number of benzene rings is 1. The summed E-state index contributed by atoms with van der Waals surface area (Å²) >= 11 is 5.94. The number of amides is 1. The number of nitrogens with one attached hydrogen (secondary N) is 2. The number of aromatic amines is 1. The Morgan fingerprint density at radius 2 is 2.05 bits per heavy atom. The molecule has 112 valence electrons. The maximum atomic E-state index is 12.3. The highest BCUT2D eigenvalue weighted by atomic mass is 35.5. The third kappa shape index (κ3) is 4.19. The van der Waals surface area contributed by atoms with E-state index in [1.165, 1.54) is 0 Å². The van der Waals surface area contributed by atoms with Crippen molar-refractivity contribution in [3.05, 3.63) is 40.7 Å². The summed E-state index contributed by atoms with van der Waals surface area (Å²) in [6.45, 7) is 0. The maximum Gasteiger partial charge on any atom is 0.451 e. The highest BCUT2D eigenvalue weighted by Gasteiger charge is 2.35. The Kier molecular flexibility index (Phi) is 4.46.